The zero-order valence-electron chi connectivity index (χ0n) is 11.5. The van der Waals surface area contributed by atoms with E-state index in [1.165, 1.54) is 10.4 Å². The second-order valence-electron chi connectivity index (χ2n) is 4.43. The molecule has 2 aromatic carbocycles. The van der Waals surface area contributed by atoms with Gasteiger partial charge in [0.1, 0.15) is 4.90 Å². The largest absolute Gasteiger partial charge is 0.392 e. The van der Waals surface area contributed by atoms with E-state index >= 15 is 0 Å². The third-order valence-electron chi connectivity index (χ3n) is 3.08. The molecular weight excluding hydrogens is 354 g/mol. The Balaban J connectivity index is 2.55. The number of rotatable bonds is 5. The first-order valence-electron chi connectivity index (χ1n) is 6.47. The minimum Gasteiger partial charge on any atom is -0.392 e. The maximum absolute atomic E-state index is 12.9. The first kappa shape index (κ1) is 16.0. The normalized spacial score (nSPS) is 11.4. The van der Waals surface area contributed by atoms with Crippen LogP contribution in [-0.4, -0.2) is 20.1 Å². The number of aliphatic hydroxyl groups excluding tert-OH is 1. The topological polar surface area (TPSA) is 57.6 Å². The number of aliphatic hydroxyl groups is 1. The van der Waals surface area contributed by atoms with Crippen LogP contribution in [0, 0.1) is 0 Å². The summed E-state index contributed by atoms with van der Waals surface area (Å²) in [4.78, 5) is 0.153. The van der Waals surface area contributed by atoms with E-state index in [-0.39, 0.29) is 11.5 Å². The molecule has 1 N–H and O–H groups in total. The summed E-state index contributed by atoms with van der Waals surface area (Å²) in [5, 5.41) is 9.21. The Kier molecular flexibility index (Phi) is 5.03. The van der Waals surface area contributed by atoms with Crippen molar-refractivity contribution in [2.24, 2.45) is 0 Å². The minimum atomic E-state index is -3.69. The second kappa shape index (κ2) is 6.60. The van der Waals surface area contributed by atoms with Crippen molar-refractivity contribution in [1.82, 2.24) is 0 Å². The van der Waals surface area contributed by atoms with Crippen molar-refractivity contribution >= 4 is 31.6 Å². The molecule has 0 bridgehead atoms. The van der Waals surface area contributed by atoms with Gasteiger partial charge in [0, 0.05) is 11.0 Å². The van der Waals surface area contributed by atoms with E-state index in [9.17, 15) is 13.5 Å². The fraction of sp³-hybridized carbons (Fsp3) is 0.200. The highest BCUT2D eigenvalue weighted by atomic mass is 79.9. The van der Waals surface area contributed by atoms with Crippen LogP contribution in [0.15, 0.2) is 57.9 Å². The van der Waals surface area contributed by atoms with Crippen molar-refractivity contribution in [1.29, 1.82) is 0 Å². The van der Waals surface area contributed by atoms with Crippen LogP contribution in [0.4, 0.5) is 5.69 Å². The summed E-state index contributed by atoms with van der Waals surface area (Å²) in [5.74, 6) is 0. The molecule has 6 heteroatoms. The van der Waals surface area contributed by atoms with Crippen LogP contribution in [0.2, 0.25) is 0 Å². The van der Waals surface area contributed by atoms with Gasteiger partial charge in [-0.25, -0.2) is 8.42 Å². The molecule has 0 spiro atoms. The van der Waals surface area contributed by atoms with E-state index in [2.05, 4.69) is 15.9 Å². The van der Waals surface area contributed by atoms with E-state index in [1.54, 1.807) is 43.3 Å². The number of nitrogens with zero attached hydrogens (tertiary/aromatic N) is 1. The third-order valence-corrected chi connectivity index (χ3v) is 5.97. The zero-order chi connectivity index (χ0) is 15.5. The molecule has 0 fully saturated rings. The van der Waals surface area contributed by atoms with Crippen LogP contribution in [-0.2, 0) is 16.6 Å². The van der Waals surface area contributed by atoms with Gasteiger partial charge in [-0.05, 0) is 52.7 Å². The molecule has 0 aliphatic carbocycles. The molecule has 0 aliphatic heterocycles. The minimum absolute atomic E-state index is 0.153. The first-order valence-corrected chi connectivity index (χ1v) is 8.71. The number of hydrogen-bond acceptors (Lipinski definition) is 3. The molecule has 4 nitrogen and oxygen atoms in total. The van der Waals surface area contributed by atoms with Crippen molar-refractivity contribution in [2.75, 3.05) is 10.8 Å². The number of halogens is 1. The summed E-state index contributed by atoms with van der Waals surface area (Å²) >= 11 is 3.28. The van der Waals surface area contributed by atoms with Gasteiger partial charge in [0.05, 0.1) is 12.3 Å². The lowest BCUT2D eigenvalue weighted by molar-refractivity contribution is 0.281. The molecule has 112 valence electrons. The van der Waals surface area contributed by atoms with Crippen molar-refractivity contribution in [3.63, 3.8) is 0 Å². The quantitative estimate of drug-likeness (QED) is 0.880. The van der Waals surface area contributed by atoms with Gasteiger partial charge in [-0.2, -0.15) is 0 Å². The molecule has 0 unspecified atom stereocenters. The van der Waals surface area contributed by atoms with E-state index in [0.29, 0.717) is 22.3 Å². The molecule has 0 saturated heterocycles. The average molecular weight is 370 g/mol. The van der Waals surface area contributed by atoms with Crippen LogP contribution < -0.4 is 4.31 Å². The maximum atomic E-state index is 12.9. The van der Waals surface area contributed by atoms with Crippen molar-refractivity contribution in [3.05, 3.63) is 58.6 Å². The molecule has 2 rings (SSSR count). The lowest BCUT2D eigenvalue weighted by atomic mass is 10.2. The van der Waals surface area contributed by atoms with E-state index < -0.39 is 10.0 Å². The third kappa shape index (κ3) is 3.28. The van der Waals surface area contributed by atoms with Crippen LogP contribution in [0.1, 0.15) is 12.5 Å². The SMILES string of the molecule is CCN(c1ccccc1)S(=O)(=O)c1cc(CO)ccc1Br. The molecular formula is C15H16BrNO3S. The van der Waals surface area contributed by atoms with Crippen molar-refractivity contribution < 1.29 is 13.5 Å². The highest BCUT2D eigenvalue weighted by molar-refractivity contribution is 9.10. The van der Waals surface area contributed by atoms with Crippen LogP contribution in [0.5, 0.6) is 0 Å². The summed E-state index contributed by atoms with van der Waals surface area (Å²) in [7, 11) is -3.69. The number of benzene rings is 2. The summed E-state index contributed by atoms with van der Waals surface area (Å²) in [6.07, 6.45) is 0. The van der Waals surface area contributed by atoms with Crippen molar-refractivity contribution in [2.45, 2.75) is 18.4 Å². The number of sulfonamides is 1. The highest BCUT2D eigenvalue weighted by Crippen LogP contribution is 2.29. The van der Waals surface area contributed by atoms with Crippen LogP contribution in [0.3, 0.4) is 0 Å². The fourth-order valence-corrected chi connectivity index (χ4v) is 4.50. The second-order valence-corrected chi connectivity index (χ2v) is 7.11. The summed E-state index contributed by atoms with van der Waals surface area (Å²) in [6, 6.07) is 13.8. The Morgan fingerprint density at radius 2 is 1.81 bits per heavy atom. The molecule has 0 aliphatic rings. The smallest absolute Gasteiger partial charge is 0.265 e. The molecule has 0 atom stereocenters. The predicted octanol–water partition coefficient (Wildman–Crippen LogP) is 3.16. The van der Waals surface area contributed by atoms with Crippen molar-refractivity contribution in [3.8, 4) is 0 Å². The van der Waals surface area contributed by atoms with Gasteiger partial charge in [-0.1, -0.05) is 24.3 Å². The Labute approximate surface area is 133 Å². The standard InChI is InChI=1S/C15H16BrNO3S/c1-2-17(13-6-4-3-5-7-13)21(19,20)15-10-12(11-18)8-9-14(15)16/h3-10,18H,2,11H2,1H3. The Hall–Kier alpha value is -1.37. The molecule has 0 amide bonds. The van der Waals surface area contributed by atoms with E-state index in [4.69, 9.17) is 0 Å². The van der Waals surface area contributed by atoms with Gasteiger partial charge < -0.3 is 5.11 Å². The average Bonchev–Trinajstić information content (AvgIpc) is 2.49. The van der Waals surface area contributed by atoms with Gasteiger partial charge in [0.15, 0.2) is 0 Å². The van der Waals surface area contributed by atoms with Gasteiger partial charge >= 0.3 is 0 Å². The fourth-order valence-electron chi connectivity index (χ4n) is 2.05. The Morgan fingerprint density at radius 1 is 1.14 bits per heavy atom. The summed E-state index contributed by atoms with van der Waals surface area (Å²) in [6.45, 7) is 1.91. The molecule has 0 aromatic heterocycles. The van der Waals surface area contributed by atoms with Gasteiger partial charge in [-0.15, -0.1) is 0 Å². The number of hydrogen-bond donors (Lipinski definition) is 1. The van der Waals surface area contributed by atoms with E-state index in [1.807, 2.05) is 6.07 Å². The van der Waals surface area contributed by atoms with Gasteiger partial charge in [0.2, 0.25) is 0 Å². The van der Waals surface area contributed by atoms with Gasteiger partial charge in [0.25, 0.3) is 10.0 Å². The Bertz CT molecular complexity index is 717. The number of para-hydroxylation sites is 1. The maximum Gasteiger partial charge on any atom is 0.265 e. The Morgan fingerprint density at radius 3 is 2.38 bits per heavy atom. The van der Waals surface area contributed by atoms with Gasteiger partial charge in [-0.3, -0.25) is 4.31 Å². The lowest BCUT2D eigenvalue weighted by Gasteiger charge is -2.23. The summed E-state index contributed by atoms with van der Waals surface area (Å²) in [5.41, 5.74) is 1.17. The molecule has 2 aromatic rings. The molecule has 0 saturated carbocycles. The zero-order valence-corrected chi connectivity index (χ0v) is 13.9. The van der Waals surface area contributed by atoms with E-state index in [0.717, 1.165) is 0 Å². The number of anilines is 1. The molecule has 0 radical (unpaired) electrons. The highest BCUT2D eigenvalue weighted by Gasteiger charge is 2.26. The van der Waals surface area contributed by atoms with Crippen LogP contribution in [0.25, 0.3) is 0 Å². The molecule has 0 heterocycles. The molecule has 21 heavy (non-hydrogen) atoms. The monoisotopic (exact) mass is 369 g/mol. The first-order chi connectivity index (χ1) is 10.0. The predicted molar refractivity (Wildman–Crippen MR) is 86.7 cm³/mol. The summed E-state index contributed by atoms with van der Waals surface area (Å²) < 4.78 is 27.6. The lowest BCUT2D eigenvalue weighted by Crippen LogP contribution is -2.31. The van der Waals surface area contributed by atoms with Crippen LogP contribution >= 0.6 is 15.9 Å².